The Labute approximate surface area is 200 Å². The zero-order chi connectivity index (χ0) is 24.3. The number of benzene rings is 2. The third-order valence-electron chi connectivity index (χ3n) is 6.59. The summed E-state index contributed by atoms with van der Waals surface area (Å²) in [6.45, 7) is 9.92. The Morgan fingerprint density at radius 2 is 1.82 bits per heavy atom. The van der Waals surface area contributed by atoms with Crippen molar-refractivity contribution in [3.05, 3.63) is 53.6 Å². The minimum Gasteiger partial charge on any atom is -0.491 e. The summed E-state index contributed by atoms with van der Waals surface area (Å²) in [4.78, 5) is 29.3. The van der Waals surface area contributed by atoms with Crippen molar-refractivity contribution in [3.8, 4) is 5.75 Å². The second kappa shape index (κ2) is 10.1. The van der Waals surface area contributed by atoms with Crippen molar-refractivity contribution >= 4 is 23.2 Å². The lowest BCUT2D eigenvalue weighted by Gasteiger charge is -2.35. The quantitative estimate of drug-likeness (QED) is 0.552. The van der Waals surface area contributed by atoms with Crippen molar-refractivity contribution in [1.29, 1.82) is 0 Å². The normalized spacial score (nSPS) is 18.8. The van der Waals surface area contributed by atoms with Crippen LogP contribution in [0.5, 0.6) is 5.75 Å². The predicted molar refractivity (Wildman–Crippen MR) is 132 cm³/mol. The zero-order valence-electron chi connectivity index (χ0n) is 20.1. The van der Waals surface area contributed by atoms with E-state index in [1.807, 2.05) is 63.2 Å². The number of hydrogen-bond acceptors (Lipinski definition) is 6. The smallest absolute Gasteiger partial charge is 0.238 e. The first kappa shape index (κ1) is 24.2. The van der Waals surface area contributed by atoms with Crippen LogP contribution in [-0.2, 0) is 15.0 Å². The molecule has 2 heterocycles. The van der Waals surface area contributed by atoms with Gasteiger partial charge < -0.3 is 20.5 Å². The van der Waals surface area contributed by atoms with Gasteiger partial charge in [-0.2, -0.15) is 0 Å². The molecular weight excluding hydrogens is 432 g/mol. The molecular formula is C26H34N4O4. The monoisotopic (exact) mass is 466 g/mol. The van der Waals surface area contributed by atoms with Crippen molar-refractivity contribution in [3.63, 3.8) is 0 Å². The number of nitrogens with zero attached hydrogens (tertiary/aromatic N) is 2. The van der Waals surface area contributed by atoms with Gasteiger partial charge in [0.15, 0.2) is 0 Å². The number of piperazine rings is 1. The molecule has 2 aliphatic heterocycles. The number of anilines is 2. The number of carbonyl (C=O) groups excluding carboxylic acids is 2. The standard InChI is InChI=1S/C26H34N4O4/c1-18-13-19(14-22-24(18)28-25(33)26(22,2)3)27-23(32)16-30-11-9-29(10-12-30)15-20(31)17-34-21-7-5-4-6-8-21/h4-8,13-14,20,31H,9-12,15-17H2,1-3H3,(H,27,32)(H,28,33). The van der Waals surface area contributed by atoms with E-state index in [0.717, 1.165) is 48.7 Å². The van der Waals surface area contributed by atoms with Gasteiger partial charge in [0.25, 0.3) is 0 Å². The number of aliphatic hydroxyl groups excluding tert-OH is 1. The van der Waals surface area contributed by atoms with Gasteiger partial charge in [0.05, 0.1) is 12.0 Å². The summed E-state index contributed by atoms with van der Waals surface area (Å²) in [5.74, 6) is 0.658. The molecule has 0 aromatic heterocycles. The Kier molecular flexibility index (Phi) is 7.21. The number of aliphatic hydroxyl groups is 1. The number of rotatable bonds is 8. The second-order valence-electron chi connectivity index (χ2n) is 9.70. The molecule has 2 amide bonds. The second-order valence-corrected chi connectivity index (χ2v) is 9.70. The summed E-state index contributed by atoms with van der Waals surface area (Å²) in [7, 11) is 0. The average molecular weight is 467 g/mol. The molecule has 0 radical (unpaired) electrons. The number of β-amino-alcohol motifs (C(OH)–C–C–N with tert-alkyl or cyclic N) is 1. The first-order valence-electron chi connectivity index (χ1n) is 11.8. The van der Waals surface area contributed by atoms with Gasteiger partial charge in [-0.15, -0.1) is 0 Å². The molecule has 34 heavy (non-hydrogen) atoms. The fraction of sp³-hybridized carbons (Fsp3) is 0.462. The Morgan fingerprint density at radius 3 is 2.53 bits per heavy atom. The molecule has 1 atom stereocenters. The molecule has 2 aromatic carbocycles. The van der Waals surface area contributed by atoms with Gasteiger partial charge in [-0.1, -0.05) is 18.2 Å². The van der Waals surface area contributed by atoms with Gasteiger partial charge in [-0.05, 0) is 56.2 Å². The van der Waals surface area contributed by atoms with Crippen LogP contribution in [0.4, 0.5) is 11.4 Å². The number of para-hydroxylation sites is 1. The fourth-order valence-electron chi connectivity index (χ4n) is 4.50. The summed E-state index contributed by atoms with van der Waals surface area (Å²) in [6, 6.07) is 13.3. The largest absolute Gasteiger partial charge is 0.491 e. The van der Waals surface area contributed by atoms with E-state index in [1.54, 1.807) is 0 Å². The van der Waals surface area contributed by atoms with Crippen LogP contribution in [0, 0.1) is 6.92 Å². The molecule has 4 rings (SSSR count). The maximum absolute atomic E-state index is 12.7. The molecule has 0 aliphatic carbocycles. The molecule has 2 aliphatic rings. The number of amides is 2. The third-order valence-corrected chi connectivity index (χ3v) is 6.59. The van der Waals surface area contributed by atoms with E-state index in [4.69, 9.17) is 4.74 Å². The minimum atomic E-state index is -0.617. The van der Waals surface area contributed by atoms with E-state index in [2.05, 4.69) is 20.4 Å². The lowest BCUT2D eigenvalue weighted by molar-refractivity contribution is -0.120. The zero-order valence-corrected chi connectivity index (χ0v) is 20.1. The molecule has 0 saturated carbocycles. The van der Waals surface area contributed by atoms with Gasteiger partial charge >= 0.3 is 0 Å². The van der Waals surface area contributed by atoms with Crippen LogP contribution in [0.2, 0.25) is 0 Å². The van der Waals surface area contributed by atoms with Gasteiger partial charge in [0.2, 0.25) is 11.8 Å². The number of ether oxygens (including phenoxy) is 1. The topological polar surface area (TPSA) is 94.1 Å². The summed E-state index contributed by atoms with van der Waals surface area (Å²) >= 11 is 0. The fourth-order valence-corrected chi connectivity index (χ4v) is 4.50. The minimum absolute atomic E-state index is 0.0244. The summed E-state index contributed by atoms with van der Waals surface area (Å²) in [5.41, 5.74) is 2.80. The van der Waals surface area contributed by atoms with Crippen LogP contribution in [0.3, 0.4) is 0 Å². The number of hydrogen-bond donors (Lipinski definition) is 3. The Morgan fingerprint density at radius 1 is 1.15 bits per heavy atom. The van der Waals surface area contributed by atoms with E-state index in [9.17, 15) is 14.7 Å². The predicted octanol–water partition coefficient (Wildman–Crippen LogP) is 2.22. The molecule has 1 unspecified atom stereocenters. The number of aryl methyl sites for hydroxylation is 1. The molecule has 0 spiro atoms. The van der Waals surface area contributed by atoms with E-state index in [-0.39, 0.29) is 18.4 Å². The number of nitrogens with one attached hydrogen (secondary N) is 2. The molecule has 3 N–H and O–H groups in total. The van der Waals surface area contributed by atoms with Gasteiger partial charge in [-0.25, -0.2) is 0 Å². The van der Waals surface area contributed by atoms with Crippen molar-refractivity contribution < 1.29 is 19.4 Å². The average Bonchev–Trinajstić information content (AvgIpc) is 3.03. The van der Waals surface area contributed by atoms with E-state index in [0.29, 0.717) is 18.8 Å². The molecule has 182 valence electrons. The van der Waals surface area contributed by atoms with Crippen molar-refractivity contribution in [1.82, 2.24) is 9.80 Å². The molecule has 2 aromatic rings. The molecule has 1 saturated heterocycles. The summed E-state index contributed by atoms with van der Waals surface area (Å²) in [6.07, 6.45) is -0.566. The SMILES string of the molecule is Cc1cc(NC(=O)CN2CCN(CC(O)COc3ccccc3)CC2)cc2c1NC(=O)C2(C)C. The molecule has 8 nitrogen and oxygen atoms in total. The van der Waals surface area contributed by atoms with Crippen LogP contribution >= 0.6 is 0 Å². The Hall–Kier alpha value is -2.94. The number of fused-ring (bicyclic) bond motifs is 1. The van der Waals surface area contributed by atoms with Crippen molar-refractivity contribution in [2.45, 2.75) is 32.3 Å². The van der Waals surface area contributed by atoms with Crippen LogP contribution in [0.15, 0.2) is 42.5 Å². The van der Waals surface area contributed by atoms with E-state index < -0.39 is 11.5 Å². The first-order chi connectivity index (χ1) is 16.2. The van der Waals surface area contributed by atoms with E-state index in [1.165, 1.54) is 0 Å². The highest BCUT2D eigenvalue weighted by Crippen LogP contribution is 2.41. The first-order valence-corrected chi connectivity index (χ1v) is 11.8. The van der Waals surface area contributed by atoms with E-state index >= 15 is 0 Å². The lowest BCUT2D eigenvalue weighted by Crippen LogP contribution is -2.50. The molecule has 8 heteroatoms. The van der Waals surface area contributed by atoms with Gasteiger partial charge in [0.1, 0.15) is 18.5 Å². The summed E-state index contributed by atoms with van der Waals surface area (Å²) in [5, 5.41) is 16.3. The van der Waals surface area contributed by atoms with Crippen molar-refractivity contribution in [2.24, 2.45) is 0 Å². The highest BCUT2D eigenvalue weighted by molar-refractivity contribution is 6.07. The van der Waals surface area contributed by atoms with Crippen molar-refractivity contribution in [2.75, 3.05) is 56.5 Å². The molecule has 0 bridgehead atoms. The maximum Gasteiger partial charge on any atom is 0.238 e. The maximum atomic E-state index is 12.7. The lowest BCUT2D eigenvalue weighted by atomic mass is 9.85. The highest BCUT2D eigenvalue weighted by Gasteiger charge is 2.39. The van der Waals surface area contributed by atoms with Gasteiger partial charge in [0, 0.05) is 44.1 Å². The van der Waals surface area contributed by atoms with Crippen LogP contribution < -0.4 is 15.4 Å². The third kappa shape index (κ3) is 5.58. The highest BCUT2D eigenvalue weighted by atomic mass is 16.5. The molecule has 1 fully saturated rings. The summed E-state index contributed by atoms with van der Waals surface area (Å²) < 4.78 is 5.63. The van der Waals surface area contributed by atoms with Gasteiger partial charge in [-0.3, -0.25) is 19.4 Å². The van der Waals surface area contributed by atoms with Crippen LogP contribution in [0.25, 0.3) is 0 Å². The van der Waals surface area contributed by atoms with Crippen LogP contribution in [-0.4, -0.2) is 78.7 Å². The Bertz CT molecular complexity index is 1030. The Balaban J connectivity index is 1.22. The number of carbonyl (C=O) groups is 2. The van der Waals surface area contributed by atoms with Crippen LogP contribution in [0.1, 0.15) is 25.0 Å².